The zero-order valence-corrected chi connectivity index (χ0v) is 19.0. The molecule has 0 aliphatic rings. The summed E-state index contributed by atoms with van der Waals surface area (Å²) in [6, 6.07) is 5.65. The van der Waals surface area contributed by atoms with E-state index in [9.17, 15) is 14.7 Å². The van der Waals surface area contributed by atoms with E-state index >= 15 is 0 Å². The number of nitrogens with zero attached hydrogens (tertiary/aromatic N) is 2. The number of carbonyl (C=O) groups is 2. The van der Waals surface area contributed by atoms with Crippen molar-refractivity contribution in [1.82, 2.24) is 20.2 Å². The molecule has 0 bridgehead atoms. The fourth-order valence-corrected chi connectivity index (χ4v) is 3.66. The van der Waals surface area contributed by atoms with Crippen LogP contribution in [0.25, 0.3) is 0 Å². The van der Waals surface area contributed by atoms with E-state index in [1.54, 1.807) is 18.8 Å². The minimum Gasteiger partial charge on any atom is -0.493 e. The van der Waals surface area contributed by atoms with Crippen molar-refractivity contribution in [2.75, 3.05) is 33.1 Å². The van der Waals surface area contributed by atoms with Crippen LogP contribution in [0, 0.1) is 0 Å². The monoisotopic (exact) mass is 450 g/mol. The Balaban J connectivity index is 1.84. The molecular formula is C21H30N4O5S. The smallest absolute Gasteiger partial charge is 0.240 e. The van der Waals surface area contributed by atoms with Gasteiger partial charge in [0.25, 0.3) is 0 Å². The lowest BCUT2D eigenvalue weighted by Crippen LogP contribution is -2.29. The third-order valence-corrected chi connectivity index (χ3v) is 5.44. The predicted molar refractivity (Wildman–Crippen MR) is 118 cm³/mol. The Kier molecular flexibility index (Phi) is 10.2. The van der Waals surface area contributed by atoms with Crippen LogP contribution >= 0.6 is 11.8 Å². The lowest BCUT2D eigenvalue weighted by atomic mass is 10.1. The van der Waals surface area contributed by atoms with Gasteiger partial charge >= 0.3 is 0 Å². The molecule has 170 valence electrons. The van der Waals surface area contributed by atoms with E-state index in [-0.39, 0.29) is 30.7 Å². The molecule has 10 heteroatoms. The Bertz CT molecular complexity index is 871. The van der Waals surface area contributed by atoms with Crippen LogP contribution < -0.4 is 20.1 Å². The highest BCUT2D eigenvalue weighted by Crippen LogP contribution is 2.27. The molecule has 2 amide bonds. The van der Waals surface area contributed by atoms with Crippen LogP contribution in [0.2, 0.25) is 0 Å². The van der Waals surface area contributed by atoms with E-state index in [0.29, 0.717) is 41.9 Å². The van der Waals surface area contributed by atoms with Gasteiger partial charge < -0.3 is 29.8 Å². The second kappa shape index (κ2) is 12.9. The first-order valence-corrected chi connectivity index (χ1v) is 11.0. The summed E-state index contributed by atoms with van der Waals surface area (Å²) in [4.78, 5) is 28.5. The highest BCUT2D eigenvalue weighted by molar-refractivity contribution is 7.99. The molecule has 0 aliphatic carbocycles. The molecule has 9 nitrogen and oxygen atoms in total. The summed E-state index contributed by atoms with van der Waals surface area (Å²) in [5.41, 5.74) is 1.55. The van der Waals surface area contributed by atoms with Crippen molar-refractivity contribution in [3.05, 3.63) is 35.7 Å². The van der Waals surface area contributed by atoms with Crippen molar-refractivity contribution in [1.29, 1.82) is 0 Å². The Morgan fingerprint density at radius 2 is 1.87 bits per heavy atom. The summed E-state index contributed by atoms with van der Waals surface area (Å²) in [7, 11) is 3.17. The summed E-state index contributed by atoms with van der Waals surface area (Å²) in [6.07, 6.45) is 3.01. The van der Waals surface area contributed by atoms with Crippen LogP contribution in [0.3, 0.4) is 0 Å². The first-order valence-electron chi connectivity index (χ1n) is 10.0. The number of aliphatic hydroxyl groups is 1. The van der Waals surface area contributed by atoms with Gasteiger partial charge in [-0.05, 0) is 30.5 Å². The van der Waals surface area contributed by atoms with Gasteiger partial charge in [0.2, 0.25) is 11.8 Å². The summed E-state index contributed by atoms with van der Waals surface area (Å²) in [5.74, 6) is 1.17. The number of methoxy groups -OCH3 is 2. The van der Waals surface area contributed by atoms with E-state index in [2.05, 4.69) is 15.6 Å². The molecule has 31 heavy (non-hydrogen) atoms. The van der Waals surface area contributed by atoms with Crippen LogP contribution in [0.5, 0.6) is 11.5 Å². The maximum atomic E-state index is 12.2. The molecule has 0 radical (unpaired) electrons. The van der Waals surface area contributed by atoms with Gasteiger partial charge in [0.15, 0.2) is 16.7 Å². The molecule has 0 unspecified atom stereocenters. The molecule has 1 aromatic heterocycles. The van der Waals surface area contributed by atoms with Gasteiger partial charge in [0.1, 0.15) is 6.54 Å². The molecule has 2 aromatic rings. The number of imidazole rings is 1. The van der Waals surface area contributed by atoms with Crippen molar-refractivity contribution >= 4 is 23.6 Å². The molecule has 0 aliphatic heterocycles. The molecule has 0 saturated heterocycles. The van der Waals surface area contributed by atoms with Crippen molar-refractivity contribution < 1.29 is 24.2 Å². The van der Waals surface area contributed by atoms with Gasteiger partial charge in [-0.2, -0.15) is 0 Å². The second-order valence-corrected chi connectivity index (χ2v) is 7.65. The molecular weight excluding hydrogens is 420 g/mol. The van der Waals surface area contributed by atoms with Crippen LogP contribution in [0.4, 0.5) is 0 Å². The minimum absolute atomic E-state index is 0.0547. The fourth-order valence-electron chi connectivity index (χ4n) is 2.83. The van der Waals surface area contributed by atoms with Crippen molar-refractivity contribution in [2.45, 2.75) is 38.1 Å². The first kappa shape index (κ1) is 24.5. The highest BCUT2D eigenvalue weighted by atomic mass is 32.2. The average molecular weight is 451 g/mol. The van der Waals surface area contributed by atoms with Crippen molar-refractivity contribution in [3.8, 4) is 11.5 Å². The Hall–Kier alpha value is -2.72. The standard InChI is InChI=1S/C21H30N4O5S/c1-4-8-22-19(27)12-25-16(13-26)11-24-21(25)31-14-20(28)23-9-7-15-5-6-17(29-2)18(10-15)30-3/h5-6,10-11,26H,4,7-9,12-14H2,1-3H3,(H,22,27)(H,23,28). The number of hydrogen-bond acceptors (Lipinski definition) is 7. The molecule has 0 saturated carbocycles. The Morgan fingerprint density at radius 1 is 1.13 bits per heavy atom. The number of rotatable bonds is 13. The van der Waals surface area contributed by atoms with Crippen LogP contribution in [-0.2, 0) is 29.2 Å². The van der Waals surface area contributed by atoms with E-state index in [1.165, 1.54) is 18.0 Å². The predicted octanol–water partition coefficient (Wildman–Crippen LogP) is 1.37. The van der Waals surface area contributed by atoms with Gasteiger partial charge in [-0.3, -0.25) is 9.59 Å². The van der Waals surface area contributed by atoms with Crippen LogP contribution in [-0.4, -0.2) is 59.5 Å². The molecule has 0 atom stereocenters. The largest absolute Gasteiger partial charge is 0.493 e. The van der Waals surface area contributed by atoms with E-state index in [4.69, 9.17) is 9.47 Å². The van der Waals surface area contributed by atoms with Gasteiger partial charge in [0.05, 0.1) is 38.5 Å². The van der Waals surface area contributed by atoms with Gasteiger partial charge in [0, 0.05) is 13.1 Å². The summed E-state index contributed by atoms with van der Waals surface area (Å²) >= 11 is 1.23. The van der Waals surface area contributed by atoms with E-state index in [0.717, 1.165) is 12.0 Å². The number of benzene rings is 1. The van der Waals surface area contributed by atoms with E-state index in [1.807, 2.05) is 25.1 Å². The number of thioether (sulfide) groups is 1. The average Bonchev–Trinajstić information content (AvgIpc) is 3.17. The maximum Gasteiger partial charge on any atom is 0.240 e. The number of aromatic nitrogens is 2. The quantitative estimate of drug-likeness (QED) is 0.395. The number of ether oxygens (including phenoxy) is 2. The third kappa shape index (κ3) is 7.48. The van der Waals surface area contributed by atoms with Crippen molar-refractivity contribution in [3.63, 3.8) is 0 Å². The minimum atomic E-state index is -0.230. The Labute approximate surface area is 186 Å². The number of amides is 2. The summed E-state index contributed by atoms with van der Waals surface area (Å²) < 4.78 is 12.1. The zero-order valence-electron chi connectivity index (χ0n) is 18.1. The topological polar surface area (TPSA) is 115 Å². The molecule has 2 rings (SSSR count). The molecule has 3 N–H and O–H groups in total. The molecule has 0 fully saturated rings. The molecule has 1 aromatic carbocycles. The molecule has 0 spiro atoms. The lowest BCUT2D eigenvalue weighted by Gasteiger charge is -2.11. The van der Waals surface area contributed by atoms with Crippen LogP contribution in [0.1, 0.15) is 24.6 Å². The highest BCUT2D eigenvalue weighted by Gasteiger charge is 2.15. The van der Waals surface area contributed by atoms with Gasteiger partial charge in [-0.25, -0.2) is 4.98 Å². The van der Waals surface area contributed by atoms with Gasteiger partial charge in [-0.15, -0.1) is 0 Å². The van der Waals surface area contributed by atoms with Crippen LogP contribution in [0.15, 0.2) is 29.6 Å². The zero-order chi connectivity index (χ0) is 22.6. The van der Waals surface area contributed by atoms with Crippen molar-refractivity contribution in [2.24, 2.45) is 0 Å². The van der Waals surface area contributed by atoms with E-state index < -0.39 is 0 Å². The Morgan fingerprint density at radius 3 is 2.55 bits per heavy atom. The maximum absolute atomic E-state index is 12.2. The van der Waals surface area contributed by atoms with Gasteiger partial charge in [-0.1, -0.05) is 24.8 Å². The summed E-state index contributed by atoms with van der Waals surface area (Å²) in [5, 5.41) is 15.7. The number of nitrogens with one attached hydrogen (secondary N) is 2. The number of aliphatic hydroxyl groups excluding tert-OH is 1. The lowest BCUT2D eigenvalue weighted by molar-refractivity contribution is -0.122. The second-order valence-electron chi connectivity index (χ2n) is 6.70. The summed E-state index contributed by atoms with van der Waals surface area (Å²) in [6.45, 7) is 2.87. The number of carbonyl (C=O) groups excluding carboxylic acids is 2. The first-order chi connectivity index (χ1) is 15.0. The number of hydrogen-bond donors (Lipinski definition) is 3. The third-order valence-electron chi connectivity index (χ3n) is 4.45. The molecule has 1 heterocycles. The normalized spacial score (nSPS) is 10.6. The SMILES string of the molecule is CCCNC(=O)Cn1c(CO)cnc1SCC(=O)NCCc1ccc(OC)c(OC)c1. The fraction of sp³-hybridized carbons (Fsp3) is 0.476.